The number of thiocarbonyl (C=S) groups is 1. The highest BCUT2D eigenvalue weighted by Gasteiger charge is 2.43. The van der Waals surface area contributed by atoms with Crippen LogP contribution in [-0.2, 0) is 4.74 Å². The number of halogens is 2. The number of aryl methyl sites for hydroxylation is 2. The van der Waals surface area contributed by atoms with Crippen molar-refractivity contribution in [1.82, 2.24) is 15.3 Å². The zero-order valence-electron chi connectivity index (χ0n) is 18.0. The van der Waals surface area contributed by atoms with Gasteiger partial charge in [-0.05, 0) is 79.0 Å². The number of benzene rings is 1. The van der Waals surface area contributed by atoms with Gasteiger partial charge >= 0.3 is 0 Å². The van der Waals surface area contributed by atoms with Gasteiger partial charge in [0.15, 0.2) is 5.11 Å². The predicted octanol–water partition coefficient (Wildman–Crippen LogP) is 5.49. The van der Waals surface area contributed by atoms with Crippen molar-refractivity contribution >= 4 is 57.2 Å². The van der Waals surface area contributed by atoms with Crippen LogP contribution in [0.3, 0.4) is 0 Å². The number of hydrogen-bond donors (Lipinski definition) is 2. The molecule has 32 heavy (non-hydrogen) atoms. The molecule has 2 N–H and O–H groups in total. The molecule has 2 atom stereocenters. The molecule has 6 nitrogen and oxygen atoms in total. The first kappa shape index (κ1) is 23.3. The lowest BCUT2D eigenvalue weighted by atomic mass is 9.96. The Morgan fingerprint density at radius 1 is 1.19 bits per heavy atom. The van der Waals surface area contributed by atoms with Gasteiger partial charge in [0, 0.05) is 39.5 Å². The van der Waals surface area contributed by atoms with E-state index in [0.717, 1.165) is 22.8 Å². The van der Waals surface area contributed by atoms with Crippen LogP contribution in [0.5, 0.6) is 5.75 Å². The molecule has 4 rings (SSSR count). The first-order valence-electron chi connectivity index (χ1n) is 10.2. The van der Waals surface area contributed by atoms with Crippen LogP contribution < -0.4 is 15.0 Å². The average Bonchev–Trinajstić information content (AvgIpc) is 3.24. The van der Waals surface area contributed by atoms with E-state index in [4.69, 9.17) is 33.3 Å². The lowest BCUT2D eigenvalue weighted by molar-refractivity contribution is 0.146. The SMILES string of the molecule is COCCOc1ccc(N2C(=S)N[C@H](c3ccccn3)[C@@H]2c2c(C)[nH]c(C)c2I)cc1Cl. The maximum absolute atomic E-state index is 6.57. The minimum atomic E-state index is -0.109. The van der Waals surface area contributed by atoms with E-state index in [9.17, 15) is 0 Å². The zero-order chi connectivity index (χ0) is 22.8. The van der Waals surface area contributed by atoms with Crippen molar-refractivity contribution in [1.29, 1.82) is 0 Å². The number of methoxy groups -OCH3 is 1. The fourth-order valence-electron chi connectivity index (χ4n) is 4.04. The van der Waals surface area contributed by atoms with Crippen LogP contribution >= 0.6 is 46.4 Å². The number of aromatic nitrogens is 2. The normalized spacial score (nSPS) is 18.2. The lowest BCUT2D eigenvalue weighted by Crippen LogP contribution is -2.29. The van der Waals surface area contributed by atoms with Gasteiger partial charge < -0.3 is 24.7 Å². The van der Waals surface area contributed by atoms with Gasteiger partial charge in [-0.15, -0.1) is 0 Å². The molecular weight excluding hydrogens is 559 g/mol. The first-order valence-corrected chi connectivity index (χ1v) is 12.1. The largest absolute Gasteiger partial charge is 0.490 e. The van der Waals surface area contributed by atoms with Crippen molar-refractivity contribution in [3.8, 4) is 5.75 Å². The fourth-order valence-corrected chi connectivity index (χ4v) is 5.47. The van der Waals surface area contributed by atoms with Crippen LogP contribution in [0, 0.1) is 17.4 Å². The fraction of sp³-hybridized carbons (Fsp3) is 0.304. The molecule has 3 heterocycles. The van der Waals surface area contributed by atoms with E-state index in [1.54, 1.807) is 7.11 Å². The standard InChI is InChI=1S/C23H24ClIN4O2S/c1-13-19(20(25)14(2)27-13)22-21(17-6-4-5-9-26-17)28-23(32)29(22)15-7-8-18(16(24)12-15)31-11-10-30-3/h4-9,12,21-22,27H,10-11H2,1-3H3,(H,28,32)/t21-,22+/m1/s1. The summed E-state index contributed by atoms with van der Waals surface area (Å²) in [5.41, 5.74) is 5.27. The number of rotatable bonds is 7. The van der Waals surface area contributed by atoms with Crippen molar-refractivity contribution < 1.29 is 9.47 Å². The van der Waals surface area contributed by atoms with Crippen LogP contribution in [-0.4, -0.2) is 35.4 Å². The van der Waals surface area contributed by atoms with Crippen LogP contribution in [0.15, 0.2) is 42.6 Å². The summed E-state index contributed by atoms with van der Waals surface area (Å²) < 4.78 is 12.0. The summed E-state index contributed by atoms with van der Waals surface area (Å²) in [6.07, 6.45) is 1.81. The summed E-state index contributed by atoms with van der Waals surface area (Å²) in [6.45, 7) is 5.11. The number of H-pyrrole nitrogens is 1. The smallest absolute Gasteiger partial charge is 0.174 e. The molecule has 1 saturated heterocycles. The number of pyridine rings is 1. The van der Waals surface area contributed by atoms with Crippen LogP contribution in [0.4, 0.5) is 5.69 Å². The Bertz CT molecular complexity index is 1120. The zero-order valence-corrected chi connectivity index (χ0v) is 21.7. The third-order valence-corrected chi connectivity index (χ3v) is 7.48. The van der Waals surface area contributed by atoms with Gasteiger partial charge in [0.05, 0.1) is 29.4 Å². The topological polar surface area (TPSA) is 62.4 Å². The third kappa shape index (κ3) is 4.46. The van der Waals surface area contributed by atoms with Gasteiger partial charge in [-0.1, -0.05) is 17.7 Å². The van der Waals surface area contributed by atoms with E-state index in [1.165, 1.54) is 9.13 Å². The molecular formula is C23H24ClIN4O2S. The molecule has 1 aromatic carbocycles. The number of nitrogens with zero attached hydrogens (tertiary/aromatic N) is 2. The summed E-state index contributed by atoms with van der Waals surface area (Å²) in [5, 5.41) is 4.65. The van der Waals surface area contributed by atoms with Gasteiger partial charge in [0.25, 0.3) is 0 Å². The van der Waals surface area contributed by atoms with Gasteiger partial charge in [-0.2, -0.15) is 0 Å². The molecule has 0 saturated carbocycles. The van der Waals surface area contributed by atoms with E-state index < -0.39 is 0 Å². The predicted molar refractivity (Wildman–Crippen MR) is 140 cm³/mol. The number of nitrogens with one attached hydrogen (secondary N) is 2. The minimum Gasteiger partial charge on any atom is -0.490 e. The van der Waals surface area contributed by atoms with Crippen LogP contribution in [0.2, 0.25) is 5.02 Å². The molecule has 1 aliphatic heterocycles. The van der Waals surface area contributed by atoms with E-state index in [-0.39, 0.29) is 12.1 Å². The van der Waals surface area contributed by atoms with Gasteiger partial charge in [0.1, 0.15) is 12.4 Å². The second-order valence-corrected chi connectivity index (χ2v) is 9.43. The Balaban J connectivity index is 1.77. The molecule has 9 heteroatoms. The molecule has 168 valence electrons. The maximum atomic E-state index is 6.57. The average molecular weight is 583 g/mol. The summed E-state index contributed by atoms with van der Waals surface area (Å²) in [5.74, 6) is 0.617. The Labute approximate surface area is 211 Å². The van der Waals surface area contributed by atoms with Crippen molar-refractivity contribution in [2.75, 3.05) is 25.2 Å². The summed E-state index contributed by atoms with van der Waals surface area (Å²) >= 11 is 14.8. The minimum absolute atomic E-state index is 0.0921. The van der Waals surface area contributed by atoms with Crippen molar-refractivity contribution in [2.24, 2.45) is 0 Å². The monoisotopic (exact) mass is 582 g/mol. The maximum Gasteiger partial charge on any atom is 0.174 e. The van der Waals surface area contributed by atoms with Crippen molar-refractivity contribution in [3.05, 3.63) is 73.8 Å². The highest BCUT2D eigenvalue weighted by atomic mass is 127. The van der Waals surface area contributed by atoms with E-state index in [0.29, 0.717) is 29.1 Å². The number of aromatic amines is 1. The highest BCUT2D eigenvalue weighted by Crippen LogP contribution is 2.45. The Morgan fingerprint density at radius 2 is 2.00 bits per heavy atom. The van der Waals surface area contributed by atoms with E-state index >= 15 is 0 Å². The molecule has 3 aromatic rings. The van der Waals surface area contributed by atoms with Gasteiger partial charge in [0.2, 0.25) is 0 Å². The van der Waals surface area contributed by atoms with Crippen LogP contribution in [0.25, 0.3) is 0 Å². The lowest BCUT2D eigenvalue weighted by Gasteiger charge is -2.29. The van der Waals surface area contributed by atoms with Gasteiger partial charge in [-0.3, -0.25) is 4.98 Å². The number of ether oxygens (including phenoxy) is 2. The van der Waals surface area contributed by atoms with E-state index in [1.807, 2.05) is 42.6 Å². The molecule has 2 aromatic heterocycles. The van der Waals surface area contributed by atoms with E-state index in [2.05, 4.69) is 56.6 Å². The first-order chi connectivity index (χ1) is 15.4. The highest BCUT2D eigenvalue weighted by molar-refractivity contribution is 14.1. The number of hydrogen-bond acceptors (Lipinski definition) is 4. The molecule has 0 radical (unpaired) electrons. The second-order valence-electron chi connectivity index (χ2n) is 7.56. The Hall–Kier alpha value is -1.88. The molecule has 0 spiro atoms. The molecule has 0 amide bonds. The third-order valence-electron chi connectivity index (χ3n) is 5.48. The summed E-state index contributed by atoms with van der Waals surface area (Å²) in [6, 6.07) is 11.5. The molecule has 0 unspecified atom stereocenters. The summed E-state index contributed by atoms with van der Waals surface area (Å²) in [7, 11) is 1.64. The Kier molecular flexibility index (Phi) is 7.24. The molecule has 0 bridgehead atoms. The van der Waals surface area contributed by atoms with Crippen molar-refractivity contribution in [2.45, 2.75) is 25.9 Å². The molecule has 0 aliphatic carbocycles. The number of anilines is 1. The van der Waals surface area contributed by atoms with Crippen LogP contribution in [0.1, 0.15) is 34.7 Å². The summed E-state index contributed by atoms with van der Waals surface area (Å²) in [4.78, 5) is 10.2. The van der Waals surface area contributed by atoms with Gasteiger partial charge in [-0.25, -0.2) is 0 Å². The molecule has 1 fully saturated rings. The molecule has 1 aliphatic rings. The van der Waals surface area contributed by atoms with Crippen molar-refractivity contribution in [3.63, 3.8) is 0 Å². The Morgan fingerprint density at radius 3 is 2.62 bits per heavy atom. The quantitative estimate of drug-likeness (QED) is 0.218. The second kappa shape index (κ2) is 9.94.